The van der Waals surface area contributed by atoms with Crippen molar-refractivity contribution in [3.63, 3.8) is 0 Å². The Morgan fingerprint density at radius 1 is 1.32 bits per heavy atom. The number of carbonyl (C=O) groups excluding carboxylic acids is 1. The van der Waals surface area contributed by atoms with E-state index in [1.54, 1.807) is 29.6 Å². The summed E-state index contributed by atoms with van der Waals surface area (Å²) in [7, 11) is -3.13. The maximum absolute atomic E-state index is 12.3. The molecule has 152 valence electrons. The van der Waals surface area contributed by atoms with Gasteiger partial charge in [0.2, 0.25) is 10.0 Å². The first-order valence-corrected chi connectivity index (χ1v) is 12.0. The van der Waals surface area contributed by atoms with Crippen molar-refractivity contribution in [2.45, 2.75) is 19.4 Å². The molecule has 1 aliphatic heterocycles. The first-order valence-electron chi connectivity index (χ1n) is 8.87. The summed E-state index contributed by atoms with van der Waals surface area (Å²) in [5.41, 5.74) is 0.369. The highest BCUT2D eigenvalue weighted by atomic mass is 35.5. The number of hydrogen-bond acceptors (Lipinski definition) is 6. The molecule has 1 aromatic carbocycles. The summed E-state index contributed by atoms with van der Waals surface area (Å²) in [5.74, 6) is 0.735. The van der Waals surface area contributed by atoms with Gasteiger partial charge in [-0.25, -0.2) is 17.7 Å². The Bertz CT molecular complexity index is 907. The zero-order valence-electron chi connectivity index (χ0n) is 15.4. The van der Waals surface area contributed by atoms with Crippen LogP contribution in [0.1, 0.15) is 28.3 Å². The molecule has 1 aromatic heterocycles. The third kappa shape index (κ3) is 5.91. The van der Waals surface area contributed by atoms with Crippen LogP contribution in [0.2, 0.25) is 5.02 Å². The summed E-state index contributed by atoms with van der Waals surface area (Å²) in [5, 5.41) is 5.96. The Morgan fingerprint density at radius 2 is 2.00 bits per heavy atom. The normalized spacial score (nSPS) is 16.1. The van der Waals surface area contributed by atoms with Crippen LogP contribution in [0, 0.1) is 5.92 Å². The number of thiazole rings is 1. The van der Waals surface area contributed by atoms with Gasteiger partial charge in [-0.3, -0.25) is 4.79 Å². The average molecular weight is 444 g/mol. The van der Waals surface area contributed by atoms with Crippen LogP contribution in [0.5, 0.6) is 5.75 Å². The molecule has 28 heavy (non-hydrogen) atoms. The van der Waals surface area contributed by atoms with E-state index in [4.69, 9.17) is 16.3 Å². The largest absolute Gasteiger partial charge is 0.486 e. The fraction of sp³-hybridized carbons (Fsp3) is 0.444. The lowest BCUT2D eigenvalue weighted by Gasteiger charge is -2.30. The van der Waals surface area contributed by atoms with Crippen molar-refractivity contribution < 1.29 is 17.9 Å². The summed E-state index contributed by atoms with van der Waals surface area (Å²) in [4.78, 5) is 16.6. The second-order valence-electron chi connectivity index (χ2n) is 6.68. The van der Waals surface area contributed by atoms with Crippen LogP contribution in [0.4, 0.5) is 0 Å². The molecule has 0 atom stereocenters. The smallest absolute Gasteiger partial charge is 0.270 e. The lowest BCUT2D eigenvalue weighted by molar-refractivity contribution is 0.0937. The van der Waals surface area contributed by atoms with Gasteiger partial charge < -0.3 is 10.1 Å². The number of piperidine rings is 1. The molecule has 1 aliphatic rings. The monoisotopic (exact) mass is 443 g/mol. The van der Waals surface area contributed by atoms with E-state index in [2.05, 4.69) is 10.3 Å². The highest BCUT2D eigenvalue weighted by molar-refractivity contribution is 7.88. The van der Waals surface area contributed by atoms with Crippen molar-refractivity contribution in [1.82, 2.24) is 14.6 Å². The lowest BCUT2D eigenvalue weighted by Crippen LogP contribution is -2.41. The first-order chi connectivity index (χ1) is 13.3. The van der Waals surface area contributed by atoms with Gasteiger partial charge in [-0.1, -0.05) is 11.6 Å². The Balaban J connectivity index is 1.43. The minimum atomic E-state index is -3.13. The van der Waals surface area contributed by atoms with Crippen LogP contribution in [-0.4, -0.2) is 49.5 Å². The quantitative estimate of drug-likeness (QED) is 0.710. The van der Waals surface area contributed by atoms with Gasteiger partial charge in [-0.2, -0.15) is 0 Å². The number of nitrogens with one attached hydrogen (secondary N) is 1. The molecule has 7 nitrogen and oxygen atoms in total. The average Bonchev–Trinajstić information content (AvgIpc) is 3.14. The van der Waals surface area contributed by atoms with Crippen molar-refractivity contribution in [2.24, 2.45) is 5.92 Å². The second-order valence-corrected chi connectivity index (χ2v) is 10.0. The molecule has 0 radical (unpaired) electrons. The van der Waals surface area contributed by atoms with Crippen LogP contribution >= 0.6 is 22.9 Å². The van der Waals surface area contributed by atoms with Gasteiger partial charge in [0.1, 0.15) is 23.1 Å². The number of halogens is 1. The predicted octanol–water partition coefficient (Wildman–Crippen LogP) is 2.78. The molecule has 0 aliphatic carbocycles. The molecule has 1 fully saturated rings. The Hall–Kier alpha value is -1.68. The van der Waals surface area contributed by atoms with E-state index in [1.807, 2.05) is 0 Å². The Morgan fingerprint density at radius 3 is 2.64 bits per heavy atom. The molecule has 0 spiro atoms. The van der Waals surface area contributed by atoms with Crippen molar-refractivity contribution in [3.8, 4) is 5.75 Å². The van der Waals surface area contributed by atoms with Crippen molar-refractivity contribution in [2.75, 3.05) is 25.9 Å². The number of amides is 1. The van der Waals surface area contributed by atoms with Crippen LogP contribution in [0.3, 0.4) is 0 Å². The Kier molecular flexibility index (Phi) is 6.92. The summed E-state index contributed by atoms with van der Waals surface area (Å²) in [6.45, 7) is 1.80. The number of ether oxygens (including phenoxy) is 1. The standard InChI is InChI=1S/C18H22ClN3O4S2/c1-28(24,25)22-8-6-13(7-9-22)10-20-18(23)16-12-27-17(21-16)11-26-15-4-2-14(19)3-5-15/h2-5,12-13H,6-11H2,1H3,(H,20,23). The lowest BCUT2D eigenvalue weighted by atomic mass is 9.98. The molecule has 1 amide bonds. The highest BCUT2D eigenvalue weighted by Crippen LogP contribution is 2.20. The van der Waals surface area contributed by atoms with E-state index in [0.717, 1.165) is 12.8 Å². The number of aromatic nitrogens is 1. The summed E-state index contributed by atoms with van der Waals surface area (Å²) in [6, 6.07) is 7.05. The molecule has 1 N–H and O–H groups in total. The highest BCUT2D eigenvalue weighted by Gasteiger charge is 2.25. The zero-order valence-corrected chi connectivity index (χ0v) is 17.8. The van der Waals surface area contributed by atoms with Gasteiger partial charge in [0.25, 0.3) is 5.91 Å². The number of rotatable bonds is 7. The maximum Gasteiger partial charge on any atom is 0.270 e. The summed E-state index contributed by atoms with van der Waals surface area (Å²) >= 11 is 7.21. The minimum absolute atomic E-state index is 0.223. The molecule has 10 heteroatoms. The number of nitrogens with zero attached hydrogens (tertiary/aromatic N) is 2. The fourth-order valence-corrected chi connectivity index (χ4v) is 4.62. The fourth-order valence-electron chi connectivity index (χ4n) is 2.93. The van der Waals surface area contributed by atoms with Crippen LogP contribution < -0.4 is 10.1 Å². The van der Waals surface area contributed by atoms with E-state index in [0.29, 0.717) is 41.1 Å². The van der Waals surface area contributed by atoms with Gasteiger partial charge in [0.05, 0.1) is 6.26 Å². The summed E-state index contributed by atoms with van der Waals surface area (Å²) < 4.78 is 30.2. The van der Waals surface area contributed by atoms with Crippen LogP contribution in [0.15, 0.2) is 29.6 Å². The first kappa shape index (κ1) is 21.0. The van der Waals surface area contributed by atoms with E-state index in [1.165, 1.54) is 21.9 Å². The van der Waals surface area contributed by atoms with Crippen LogP contribution in [-0.2, 0) is 16.6 Å². The van der Waals surface area contributed by atoms with Crippen molar-refractivity contribution >= 4 is 38.9 Å². The molecule has 3 rings (SSSR count). The summed E-state index contributed by atoms with van der Waals surface area (Å²) in [6.07, 6.45) is 2.71. The van der Waals surface area contributed by atoms with Gasteiger partial charge in [-0.05, 0) is 43.0 Å². The molecule has 0 bridgehead atoms. The Labute approximate surface area is 173 Å². The molecule has 1 saturated heterocycles. The predicted molar refractivity (Wildman–Crippen MR) is 109 cm³/mol. The molecular formula is C18H22ClN3O4S2. The van der Waals surface area contributed by atoms with Crippen molar-refractivity contribution in [3.05, 3.63) is 45.4 Å². The van der Waals surface area contributed by atoms with Gasteiger partial charge in [0.15, 0.2) is 0 Å². The van der Waals surface area contributed by atoms with Gasteiger partial charge in [0, 0.05) is 30.0 Å². The van der Waals surface area contributed by atoms with Gasteiger partial charge in [-0.15, -0.1) is 11.3 Å². The zero-order chi connectivity index (χ0) is 20.1. The number of hydrogen-bond donors (Lipinski definition) is 1. The van der Waals surface area contributed by atoms with E-state index in [9.17, 15) is 13.2 Å². The van der Waals surface area contributed by atoms with E-state index in [-0.39, 0.29) is 18.4 Å². The minimum Gasteiger partial charge on any atom is -0.486 e. The number of sulfonamides is 1. The van der Waals surface area contributed by atoms with E-state index >= 15 is 0 Å². The molecule has 2 aromatic rings. The third-order valence-corrected chi connectivity index (χ3v) is 6.93. The molecule has 0 saturated carbocycles. The van der Waals surface area contributed by atoms with Crippen LogP contribution in [0.25, 0.3) is 0 Å². The van der Waals surface area contributed by atoms with E-state index < -0.39 is 10.0 Å². The third-order valence-electron chi connectivity index (χ3n) is 4.55. The molecule has 0 unspecified atom stereocenters. The second kappa shape index (κ2) is 9.21. The molecular weight excluding hydrogens is 422 g/mol. The maximum atomic E-state index is 12.3. The topological polar surface area (TPSA) is 88.6 Å². The SMILES string of the molecule is CS(=O)(=O)N1CCC(CNC(=O)c2csc(COc3ccc(Cl)cc3)n2)CC1. The van der Waals surface area contributed by atoms with Gasteiger partial charge >= 0.3 is 0 Å². The number of benzene rings is 1. The molecule has 2 heterocycles. The number of carbonyl (C=O) groups is 1. The van der Waals surface area contributed by atoms with Crippen molar-refractivity contribution in [1.29, 1.82) is 0 Å².